The highest BCUT2D eigenvalue weighted by Gasteiger charge is 2.27. The second-order valence-corrected chi connectivity index (χ2v) is 6.48. The van der Waals surface area contributed by atoms with Crippen molar-refractivity contribution in [2.75, 3.05) is 20.2 Å². The van der Waals surface area contributed by atoms with Crippen LogP contribution in [-0.2, 0) is 23.5 Å². The van der Waals surface area contributed by atoms with Gasteiger partial charge in [-0.15, -0.1) is 24.0 Å². The fourth-order valence-corrected chi connectivity index (χ4v) is 2.49. The first-order valence-electron chi connectivity index (χ1n) is 8.83. The summed E-state index contributed by atoms with van der Waals surface area (Å²) >= 11 is 0. The fraction of sp³-hybridized carbons (Fsp3) is 0.450. The Hall–Kier alpha value is -1.58. The van der Waals surface area contributed by atoms with Crippen molar-refractivity contribution in [3.05, 3.63) is 59.0 Å². The highest BCUT2D eigenvalue weighted by molar-refractivity contribution is 14.0. The summed E-state index contributed by atoms with van der Waals surface area (Å²) in [6.45, 7) is 7.76. The summed E-state index contributed by atoms with van der Waals surface area (Å²) < 4.78 is 10.7. The molecule has 3 N–H and O–H groups in total. The average molecular weight is 487 g/mol. The van der Waals surface area contributed by atoms with Crippen LogP contribution >= 0.6 is 24.0 Å². The number of nitrogens with zero attached hydrogens (tertiary/aromatic N) is 1. The van der Waals surface area contributed by atoms with Crippen LogP contribution in [0.1, 0.15) is 36.5 Å². The molecule has 0 radical (unpaired) electrons. The van der Waals surface area contributed by atoms with Crippen LogP contribution in [0.4, 0.5) is 0 Å². The van der Waals surface area contributed by atoms with Gasteiger partial charge in [0.1, 0.15) is 17.1 Å². The second kappa shape index (κ2) is 11.3. The van der Waals surface area contributed by atoms with Gasteiger partial charge in [-0.3, -0.25) is 0 Å². The quantitative estimate of drug-likeness (QED) is 0.303. The van der Waals surface area contributed by atoms with Gasteiger partial charge in [0.25, 0.3) is 0 Å². The van der Waals surface area contributed by atoms with Crippen molar-refractivity contribution in [3.8, 4) is 0 Å². The van der Waals surface area contributed by atoms with Crippen LogP contribution in [0, 0.1) is 6.92 Å². The molecule has 2 aromatic rings. The molecule has 1 unspecified atom stereocenters. The van der Waals surface area contributed by atoms with Crippen molar-refractivity contribution in [1.29, 1.82) is 0 Å². The standard InChI is InChI=1S/C20H29N3O3.HI/c1-5-21-19(22-12-16-7-9-17(10-8-16)13-25-4)23-14-20(3,24)18-11-6-15(2)26-18;/h6-11,24H,5,12-14H2,1-4H3,(H2,21,22,23);1H. The summed E-state index contributed by atoms with van der Waals surface area (Å²) in [6.07, 6.45) is 0. The van der Waals surface area contributed by atoms with Gasteiger partial charge in [0.05, 0.1) is 19.7 Å². The van der Waals surface area contributed by atoms with Crippen LogP contribution in [0.2, 0.25) is 0 Å². The van der Waals surface area contributed by atoms with Gasteiger partial charge in [0.15, 0.2) is 5.96 Å². The molecule has 0 aliphatic rings. The number of benzene rings is 1. The van der Waals surface area contributed by atoms with Gasteiger partial charge in [0, 0.05) is 13.7 Å². The molecule has 0 fully saturated rings. The molecular formula is C20H30IN3O3. The van der Waals surface area contributed by atoms with Crippen LogP contribution in [0.3, 0.4) is 0 Å². The zero-order chi connectivity index (χ0) is 19.0. The van der Waals surface area contributed by atoms with E-state index >= 15 is 0 Å². The van der Waals surface area contributed by atoms with E-state index in [1.165, 1.54) is 0 Å². The minimum absolute atomic E-state index is 0. The fourth-order valence-electron chi connectivity index (χ4n) is 2.49. The molecule has 7 heteroatoms. The molecule has 2 rings (SSSR count). The molecule has 0 spiro atoms. The molecule has 150 valence electrons. The predicted octanol–water partition coefficient (Wildman–Crippen LogP) is 3.32. The zero-order valence-electron chi connectivity index (χ0n) is 16.4. The predicted molar refractivity (Wildman–Crippen MR) is 118 cm³/mol. The van der Waals surface area contributed by atoms with E-state index in [4.69, 9.17) is 9.15 Å². The summed E-state index contributed by atoms with van der Waals surface area (Å²) in [5, 5.41) is 17.0. The Balaban J connectivity index is 0.00000364. The maximum Gasteiger partial charge on any atom is 0.191 e. The number of halogens is 1. The van der Waals surface area contributed by atoms with Gasteiger partial charge in [-0.05, 0) is 44.0 Å². The van der Waals surface area contributed by atoms with Crippen molar-refractivity contribution in [2.24, 2.45) is 4.99 Å². The molecule has 0 saturated heterocycles. The molecule has 1 aromatic carbocycles. The first-order valence-corrected chi connectivity index (χ1v) is 8.83. The highest BCUT2D eigenvalue weighted by atomic mass is 127. The first kappa shape index (κ1) is 23.5. The molecule has 0 saturated carbocycles. The lowest BCUT2D eigenvalue weighted by Gasteiger charge is -2.22. The van der Waals surface area contributed by atoms with Gasteiger partial charge in [-0.1, -0.05) is 24.3 Å². The minimum atomic E-state index is -1.12. The molecule has 0 aliphatic heterocycles. The lowest BCUT2D eigenvalue weighted by Crippen LogP contribution is -2.44. The molecule has 1 heterocycles. The van der Waals surface area contributed by atoms with Crippen LogP contribution in [-0.4, -0.2) is 31.3 Å². The molecule has 1 atom stereocenters. The second-order valence-electron chi connectivity index (χ2n) is 6.48. The van der Waals surface area contributed by atoms with Crippen LogP contribution in [0.5, 0.6) is 0 Å². The average Bonchev–Trinajstić information content (AvgIpc) is 3.06. The minimum Gasteiger partial charge on any atom is -0.463 e. The van der Waals surface area contributed by atoms with E-state index in [-0.39, 0.29) is 24.0 Å². The van der Waals surface area contributed by atoms with Crippen molar-refractivity contribution in [3.63, 3.8) is 0 Å². The lowest BCUT2D eigenvalue weighted by atomic mass is 10.0. The normalized spacial score (nSPS) is 13.6. The van der Waals surface area contributed by atoms with E-state index in [1.54, 1.807) is 20.1 Å². The highest BCUT2D eigenvalue weighted by Crippen LogP contribution is 2.21. The smallest absolute Gasteiger partial charge is 0.191 e. The Bertz CT molecular complexity index is 712. The van der Waals surface area contributed by atoms with Crippen LogP contribution in [0.25, 0.3) is 0 Å². The number of nitrogens with one attached hydrogen (secondary N) is 2. The van der Waals surface area contributed by atoms with Gasteiger partial charge >= 0.3 is 0 Å². The summed E-state index contributed by atoms with van der Waals surface area (Å²) in [6, 6.07) is 11.8. The molecule has 6 nitrogen and oxygen atoms in total. The van der Waals surface area contributed by atoms with E-state index in [1.807, 2.05) is 44.2 Å². The molecule has 0 amide bonds. The lowest BCUT2D eigenvalue weighted by molar-refractivity contribution is 0.0378. The maximum absolute atomic E-state index is 10.6. The van der Waals surface area contributed by atoms with Crippen LogP contribution in [0.15, 0.2) is 45.8 Å². The topological polar surface area (TPSA) is 79.0 Å². The van der Waals surface area contributed by atoms with Crippen molar-refractivity contribution >= 4 is 29.9 Å². The number of rotatable bonds is 8. The third kappa shape index (κ3) is 7.51. The largest absolute Gasteiger partial charge is 0.463 e. The van der Waals surface area contributed by atoms with E-state index in [0.29, 0.717) is 31.4 Å². The maximum atomic E-state index is 10.6. The Morgan fingerprint density at radius 1 is 1.15 bits per heavy atom. The Kier molecular flexibility index (Phi) is 9.82. The van der Waals surface area contributed by atoms with Gasteiger partial charge in [0.2, 0.25) is 0 Å². The van der Waals surface area contributed by atoms with E-state index in [0.717, 1.165) is 23.4 Å². The van der Waals surface area contributed by atoms with E-state index < -0.39 is 5.60 Å². The summed E-state index contributed by atoms with van der Waals surface area (Å²) in [5.74, 6) is 1.96. The number of hydrogen-bond acceptors (Lipinski definition) is 4. The van der Waals surface area contributed by atoms with Gasteiger partial charge in [-0.2, -0.15) is 0 Å². The number of ether oxygens (including phenoxy) is 1. The summed E-state index contributed by atoms with van der Waals surface area (Å²) in [5.41, 5.74) is 1.12. The van der Waals surface area contributed by atoms with Crippen molar-refractivity contribution < 1.29 is 14.3 Å². The SMILES string of the molecule is CCNC(=NCc1ccc(COC)cc1)NCC(C)(O)c1ccc(C)o1.I. The Labute approximate surface area is 178 Å². The monoisotopic (exact) mass is 487 g/mol. The van der Waals surface area contributed by atoms with Gasteiger partial charge < -0.3 is 24.9 Å². The molecule has 0 bridgehead atoms. The van der Waals surface area contributed by atoms with Crippen LogP contribution < -0.4 is 10.6 Å². The van der Waals surface area contributed by atoms with Gasteiger partial charge in [-0.25, -0.2) is 4.99 Å². The number of aliphatic hydroxyl groups is 1. The molecular weight excluding hydrogens is 457 g/mol. The number of hydrogen-bond donors (Lipinski definition) is 3. The third-order valence-corrected chi connectivity index (χ3v) is 3.97. The number of furan rings is 1. The Morgan fingerprint density at radius 3 is 2.37 bits per heavy atom. The summed E-state index contributed by atoms with van der Waals surface area (Å²) in [7, 11) is 1.69. The number of guanidine groups is 1. The van der Waals surface area contributed by atoms with Crippen molar-refractivity contribution in [2.45, 2.75) is 39.5 Å². The molecule has 1 aromatic heterocycles. The summed E-state index contributed by atoms with van der Waals surface area (Å²) in [4.78, 5) is 4.58. The Morgan fingerprint density at radius 2 is 1.81 bits per heavy atom. The third-order valence-electron chi connectivity index (χ3n) is 3.97. The number of methoxy groups -OCH3 is 1. The van der Waals surface area contributed by atoms with E-state index in [2.05, 4.69) is 15.6 Å². The zero-order valence-corrected chi connectivity index (χ0v) is 18.7. The molecule has 27 heavy (non-hydrogen) atoms. The van der Waals surface area contributed by atoms with E-state index in [9.17, 15) is 5.11 Å². The number of aliphatic imine (C=N–C) groups is 1. The number of aryl methyl sites for hydroxylation is 1. The first-order chi connectivity index (χ1) is 12.4. The molecule has 0 aliphatic carbocycles. The van der Waals surface area contributed by atoms with Crippen molar-refractivity contribution in [1.82, 2.24) is 10.6 Å².